The molecule has 1 aliphatic rings. The molecule has 0 radical (unpaired) electrons. The van der Waals surface area contributed by atoms with E-state index in [2.05, 4.69) is 10.3 Å². The topological polar surface area (TPSA) is 84.2 Å². The van der Waals surface area contributed by atoms with Crippen LogP contribution in [0.25, 0.3) is 11.0 Å². The molecule has 0 bridgehead atoms. The van der Waals surface area contributed by atoms with E-state index in [0.29, 0.717) is 42.7 Å². The smallest absolute Gasteiger partial charge is 0.310 e. The minimum absolute atomic E-state index is 0.0134. The zero-order valence-electron chi connectivity index (χ0n) is 13.5. The molecule has 24 heavy (non-hydrogen) atoms. The third-order valence-electron chi connectivity index (χ3n) is 4.89. The van der Waals surface area contributed by atoms with Crippen LogP contribution in [0.5, 0.6) is 0 Å². The Bertz CT molecular complexity index is 796. The maximum absolute atomic E-state index is 13.7. The molecule has 2 N–H and O–H groups in total. The molecule has 128 valence electrons. The number of aliphatic carboxylic acids is 1. The second kappa shape index (κ2) is 6.22. The van der Waals surface area contributed by atoms with E-state index in [1.54, 1.807) is 23.7 Å². The van der Waals surface area contributed by atoms with Crippen molar-refractivity contribution in [3.05, 3.63) is 29.8 Å². The summed E-state index contributed by atoms with van der Waals surface area (Å²) in [4.78, 5) is 27.6. The van der Waals surface area contributed by atoms with E-state index in [9.17, 15) is 19.1 Å². The minimum Gasteiger partial charge on any atom is -0.481 e. The number of hydrogen-bond donors (Lipinski definition) is 2. The highest BCUT2D eigenvalue weighted by molar-refractivity contribution is 5.85. The first-order chi connectivity index (χ1) is 11.4. The standard InChI is InChI=1S/C17H20FN3O3/c1-21-12-5-2-4-11(18)15(12)20-13(21)6-9-19-14(22)10-17(16(23)24)7-3-8-17/h2,4-5H,3,6-10H2,1H3,(H,19,22)(H,23,24). The first-order valence-corrected chi connectivity index (χ1v) is 8.03. The van der Waals surface area contributed by atoms with Crippen molar-refractivity contribution >= 4 is 22.9 Å². The van der Waals surface area contributed by atoms with Crippen molar-refractivity contribution < 1.29 is 19.1 Å². The molecule has 1 fully saturated rings. The van der Waals surface area contributed by atoms with Crippen LogP contribution in [0.2, 0.25) is 0 Å². The number of aryl methyl sites for hydroxylation is 1. The number of rotatable bonds is 6. The van der Waals surface area contributed by atoms with Gasteiger partial charge in [0.25, 0.3) is 0 Å². The molecule has 1 saturated carbocycles. The zero-order chi connectivity index (χ0) is 17.3. The Morgan fingerprint density at radius 1 is 1.42 bits per heavy atom. The van der Waals surface area contributed by atoms with Gasteiger partial charge in [0.15, 0.2) is 5.82 Å². The van der Waals surface area contributed by atoms with Gasteiger partial charge >= 0.3 is 5.97 Å². The van der Waals surface area contributed by atoms with Crippen molar-refractivity contribution in [3.63, 3.8) is 0 Å². The Morgan fingerprint density at radius 2 is 2.17 bits per heavy atom. The Balaban J connectivity index is 1.59. The van der Waals surface area contributed by atoms with Crippen LogP contribution in [-0.4, -0.2) is 33.1 Å². The van der Waals surface area contributed by atoms with Gasteiger partial charge in [-0.1, -0.05) is 12.5 Å². The van der Waals surface area contributed by atoms with Crippen LogP contribution in [0.1, 0.15) is 31.5 Å². The summed E-state index contributed by atoms with van der Waals surface area (Å²) in [5.74, 6) is -0.851. The number of para-hydroxylation sites is 1. The molecule has 0 unspecified atom stereocenters. The van der Waals surface area contributed by atoms with E-state index in [-0.39, 0.29) is 18.1 Å². The number of carboxylic acids is 1. The number of amides is 1. The summed E-state index contributed by atoms with van der Waals surface area (Å²) in [6, 6.07) is 4.79. The quantitative estimate of drug-likeness (QED) is 0.847. The van der Waals surface area contributed by atoms with Crippen LogP contribution >= 0.6 is 0 Å². The van der Waals surface area contributed by atoms with Gasteiger partial charge in [0.1, 0.15) is 11.3 Å². The molecule has 3 rings (SSSR count). The molecule has 2 aromatic rings. The number of imidazole rings is 1. The number of aromatic nitrogens is 2. The molecule has 1 aliphatic carbocycles. The van der Waals surface area contributed by atoms with Crippen molar-refractivity contribution in [3.8, 4) is 0 Å². The zero-order valence-corrected chi connectivity index (χ0v) is 13.5. The van der Waals surface area contributed by atoms with E-state index < -0.39 is 11.4 Å². The van der Waals surface area contributed by atoms with Crippen molar-refractivity contribution in [1.82, 2.24) is 14.9 Å². The fourth-order valence-electron chi connectivity index (χ4n) is 3.21. The van der Waals surface area contributed by atoms with E-state index in [4.69, 9.17) is 0 Å². The van der Waals surface area contributed by atoms with Crippen molar-refractivity contribution in [1.29, 1.82) is 0 Å². The van der Waals surface area contributed by atoms with E-state index in [1.807, 2.05) is 0 Å². The number of benzene rings is 1. The molecule has 0 saturated heterocycles. The number of nitrogens with one attached hydrogen (secondary N) is 1. The molecule has 6 nitrogen and oxygen atoms in total. The van der Waals surface area contributed by atoms with Crippen LogP contribution in [0.3, 0.4) is 0 Å². The highest BCUT2D eigenvalue weighted by atomic mass is 19.1. The summed E-state index contributed by atoms with van der Waals surface area (Å²) in [5, 5.41) is 12.0. The molecule has 0 aliphatic heterocycles. The number of carbonyl (C=O) groups excluding carboxylic acids is 1. The molecule has 0 spiro atoms. The molecule has 7 heteroatoms. The fourth-order valence-corrected chi connectivity index (χ4v) is 3.21. The molecule has 1 aromatic carbocycles. The molecule has 1 amide bonds. The number of hydrogen-bond acceptors (Lipinski definition) is 3. The van der Waals surface area contributed by atoms with Crippen LogP contribution in [0, 0.1) is 11.2 Å². The molecular formula is C17H20FN3O3. The van der Waals surface area contributed by atoms with Gasteiger partial charge in [-0.05, 0) is 25.0 Å². The van der Waals surface area contributed by atoms with Gasteiger partial charge < -0.3 is 15.0 Å². The first kappa shape index (κ1) is 16.4. The third-order valence-corrected chi connectivity index (χ3v) is 4.89. The van der Waals surface area contributed by atoms with E-state index in [0.717, 1.165) is 6.42 Å². The van der Waals surface area contributed by atoms with Gasteiger partial charge in [-0.25, -0.2) is 9.37 Å². The summed E-state index contributed by atoms with van der Waals surface area (Å²) >= 11 is 0. The SMILES string of the molecule is Cn1c(CCNC(=O)CC2(C(=O)O)CCC2)nc2c(F)cccc21. The number of carboxylic acid groups (broad SMARTS) is 1. The Morgan fingerprint density at radius 3 is 2.75 bits per heavy atom. The average Bonchev–Trinajstić information content (AvgIpc) is 2.81. The number of halogens is 1. The van der Waals surface area contributed by atoms with Gasteiger partial charge in [0.05, 0.1) is 10.9 Å². The highest BCUT2D eigenvalue weighted by Crippen LogP contribution is 2.44. The lowest BCUT2D eigenvalue weighted by Gasteiger charge is -2.36. The lowest BCUT2D eigenvalue weighted by molar-refractivity contribution is -0.157. The lowest BCUT2D eigenvalue weighted by Crippen LogP contribution is -2.42. The summed E-state index contributed by atoms with van der Waals surface area (Å²) in [5.41, 5.74) is 0.140. The van der Waals surface area contributed by atoms with E-state index in [1.165, 1.54) is 6.07 Å². The Labute approximate surface area is 138 Å². The molecular weight excluding hydrogens is 313 g/mol. The predicted molar refractivity (Wildman–Crippen MR) is 85.9 cm³/mol. The van der Waals surface area contributed by atoms with Crippen molar-refractivity contribution in [2.75, 3.05) is 6.54 Å². The number of nitrogens with zero attached hydrogens (tertiary/aromatic N) is 2. The van der Waals surface area contributed by atoms with Gasteiger partial charge in [-0.2, -0.15) is 0 Å². The summed E-state index contributed by atoms with van der Waals surface area (Å²) in [6.45, 7) is 0.341. The Hall–Kier alpha value is -2.44. The maximum Gasteiger partial charge on any atom is 0.310 e. The maximum atomic E-state index is 13.7. The van der Waals surface area contributed by atoms with Crippen LogP contribution in [0.15, 0.2) is 18.2 Å². The molecule has 1 aromatic heterocycles. The van der Waals surface area contributed by atoms with Gasteiger partial charge in [0.2, 0.25) is 5.91 Å². The lowest BCUT2D eigenvalue weighted by atomic mass is 9.66. The molecule has 1 heterocycles. The summed E-state index contributed by atoms with van der Waals surface area (Å²) < 4.78 is 15.5. The second-order valence-electron chi connectivity index (χ2n) is 6.41. The van der Waals surface area contributed by atoms with E-state index >= 15 is 0 Å². The highest BCUT2D eigenvalue weighted by Gasteiger charge is 2.45. The third kappa shape index (κ3) is 2.86. The number of carbonyl (C=O) groups is 2. The Kier molecular flexibility index (Phi) is 4.26. The average molecular weight is 333 g/mol. The summed E-state index contributed by atoms with van der Waals surface area (Å²) in [7, 11) is 1.81. The summed E-state index contributed by atoms with van der Waals surface area (Å²) in [6.07, 6.45) is 2.43. The van der Waals surface area contributed by atoms with Crippen molar-refractivity contribution in [2.24, 2.45) is 12.5 Å². The van der Waals surface area contributed by atoms with Crippen LogP contribution in [-0.2, 0) is 23.1 Å². The largest absolute Gasteiger partial charge is 0.481 e. The monoisotopic (exact) mass is 333 g/mol. The second-order valence-corrected chi connectivity index (χ2v) is 6.41. The predicted octanol–water partition coefficient (Wildman–Crippen LogP) is 2.02. The van der Waals surface area contributed by atoms with Crippen LogP contribution in [0.4, 0.5) is 4.39 Å². The van der Waals surface area contributed by atoms with Gasteiger partial charge in [0, 0.05) is 26.4 Å². The fraction of sp³-hybridized carbons (Fsp3) is 0.471. The minimum atomic E-state index is -0.894. The first-order valence-electron chi connectivity index (χ1n) is 8.03. The van der Waals surface area contributed by atoms with Crippen LogP contribution < -0.4 is 5.32 Å². The molecule has 0 atom stereocenters. The normalized spacial score (nSPS) is 15.9. The van der Waals surface area contributed by atoms with Gasteiger partial charge in [-0.15, -0.1) is 0 Å². The number of fused-ring (bicyclic) bond motifs is 1. The van der Waals surface area contributed by atoms with Crippen molar-refractivity contribution in [2.45, 2.75) is 32.1 Å². The van der Waals surface area contributed by atoms with Gasteiger partial charge in [-0.3, -0.25) is 9.59 Å².